The van der Waals surface area contributed by atoms with Crippen molar-refractivity contribution in [2.45, 2.75) is 38.8 Å². The van der Waals surface area contributed by atoms with Crippen molar-refractivity contribution < 1.29 is 4.79 Å². The molecule has 1 fully saturated rings. The minimum Gasteiger partial charge on any atom is -0.307 e. The summed E-state index contributed by atoms with van der Waals surface area (Å²) >= 11 is 0. The molecule has 0 bridgehead atoms. The Bertz CT molecular complexity index is 341. The SMILES string of the molecule is CCCn1nccc1C(=O)CNC1CC1. The van der Waals surface area contributed by atoms with Gasteiger partial charge in [0.05, 0.1) is 6.54 Å². The third-order valence-electron chi connectivity index (χ3n) is 2.57. The normalized spacial score (nSPS) is 15.5. The lowest BCUT2D eigenvalue weighted by Gasteiger charge is -2.05. The molecule has 0 atom stereocenters. The van der Waals surface area contributed by atoms with Gasteiger partial charge in [-0.3, -0.25) is 9.48 Å². The second kappa shape index (κ2) is 4.57. The predicted octanol–water partition coefficient (Wildman–Crippen LogP) is 1.23. The van der Waals surface area contributed by atoms with Crippen molar-refractivity contribution in [2.75, 3.05) is 6.54 Å². The van der Waals surface area contributed by atoms with Gasteiger partial charge in [-0.25, -0.2) is 0 Å². The van der Waals surface area contributed by atoms with Gasteiger partial charge in [0.15, 0.2) is 5.78 Å². The first-order valence-electron chi connectivity index (χ1n) is 5.59. The van der Waals surface area contributed by atoms with E-state index in [2.05, 4.69) is 17.3 Å². The lowest BCUT2D eigenvalue weighted by Crippen LogP contribution is -2.26. The molecule has 0 radical (unpaired) electrons. The zero-order valence-corrected chi connectivity index (χ0v) is 9.07. The molecule has 0 spiro atoms. The fourth-order valence-corrected chi connectivity index (χ4v) is 1.57. The van der Waals surface area contributed by atoms with Crippen LogP contribution in [0, 0.1) is 0 Å². The van der Waals surface area contributed by atoms with Crippen LogP contribution in [0.15, 0.2) is 12.3 Å². The summed E-state index contributed by atoms with van der Waals surface area (Å²) < 4.78 is 1.79. The molecule has 2 rings (SSSR count). The van der Waals surface area contributed by atoms with Crippen LogP contribution in [0.5, 0.6) is 0 Å². The van der Waals surface area contributed by atoms with E-state index in [-0.39, 0.29) is 5.78 Å². The van der Waals surface area contributed by atoms with Crippen molar-refractivity contribution >= 4 is 5.78 Å². The number of nitrogens with zero attached hydrogens (tertiary/aromatic N) is 2. The molecule has 4 nitrogen and oxygen atoms in total. The minimum absolute atomic E-state index is 0.146. The van der Waals surface area contributed by atoms with E-state index in [0.717, 1.165) is 18.7 Å². The molecule has 82 valence electrons. The number of carbonyl (C=O) groups is 1. The summed E-state index contributed by atoms with van der Waals surface area (Å²) in [5.74, 6) is 0.146. The van der Waals surface area contributed by atoms with Crippen molar-refractivity contribution in [1.29, 1.82) is 0 Å². The number of hydrogen-bond acceptors (Lipinski definition) is 3. The lowest BCUT2D eigenvalue weighted by atomic mass is 10.2. The van der Waals surface area contributed by atoms with Crippen molar-refractivity contribution in [1.82, 2.24) is 15.1 Å². The summed E-state index contributed by atoms with van der Waals surface area (Å²) in [5.41, 5.74) is 0.727. The number of Topliss-reactive ketones (excluding diaryl/α,β-unsaturated/α-hetero) is 1. The quantitative estimate of drug-likeness (QED) is 0.714. The zero-order valence-electron chi connectivity index (χ0n) is 9.07. The third-order valence-corrected chi connectivity index (χ3v) is 2.57. The fourth-order valence-electron chi connectivity index (χ4n) is 1.57. The number of rotatable bonds is 6. The van der Waals surface area contributed by atoms with E-state index in [1.54, 1.807) is 16.9 Å². The van der Waals surface area contributed by atoms with Gasteiger partial charge in [0.1, 0.15) is 5.69 Å². The van der Waals surface area contributed by atoms with E-state index >= 15 is 0 Å². The summed E-state index contributed by atoms with van der Waals surface area (Å²) in [6.07, 6.45) is 5.11. The van der Waals surface area contributed by atoms with E-state index in [0.29, 0.717) is 12.6 Å². The maximum Gasteiger partial charge on any atom is 0.194 e. The molecule has 1 aliphatic carbocycles. The van der Waals surface area contributed by atoms with Gasteiger partial charge >= 0.3 is 0 Å². The molecule has 0 amide bonds. The average molecular weight is 207 g/mol. The molecule has 1 aromatic rings. The number of hydrogen-bond donors (Lipinski definition) is 1. The number of aryl methyl sites for hydroxylation is 1. The Morgan fingerprint density at radius 2 is 2.47 bits per heavy atom. The van der Waals surface area contributed by atoms with Gasteiger partial charge in [-0.2, -0.15) is 5.10 Å². The summed E-state index contributed by atoms with van der Waals surface area (Å²) in [5, 5.41) is 7.36. The standard InChI is InChI=1S/C11H17N3O/c1-2-7-14-10(5-6-13-14)11(15)8-12-9-3-4-9/h5-6,9,12H,2-4,7-8H2,1H3. The smallest absolute Gasteiger partial charge is 0.194 e. The largest absolute Gasteiger partial charge is 0.307 e. The molecule has 1 aromatic heterocycles. The van der Waals surface area contributed by atoms with E-state index in [1.807, 2.05) is 0 Å². The van der Waals surface area contributed by atoms with E-state index in [9.17, 15) is 4.79 Å². The Labute approximate surface area is 89.7 Å². The Morgan fingerprint density at radius 3 is 3.13 bits per heavy atom. The summed E-state index contributed by atoms with van der Waals surface area (Å²) in [4.78, 5) is 11.8. The van der Waals surface area contributed by atoms with E-state index in [4.69, 9.17) is 0 Å². The van der Waals surface area contributed by atoms with E-state index in [1.165, 1.54) is 12.8 Å². The first-order chi connectivity index (χ1) is 7.31. The van der Waals surface area contributed by atoms with Gasteiger partial charge in [-0.05, 0) is 25.3 Å². The van der Waals surface area contributed by atoms with Crippen LogP contribution in [-0.4, -0.2) is 28.2 Å². The second-order valence-corrected chi connectivity index (χ2v) is 4.02. The molecule has 1 aliphatic rings. The summed E-state index contributed by atoms with van der Waals surface area (Å²) in [6, 6.07) is 2.38. The first-order valence-corrected chi connectivity index (χ1v) is 5.59. The van der Waals surface area contributed by atoms with Crippen molar-refractivity contribution in [3.05, 3.63) is 18.0 Å². The molecule has 1 N–H and O–H groups in total. The average Bonchev–Trinajstić information content (AvgIpc) is 2.95. The number of carbonyl (C=O) groups excluding carboxylic acids is 1. The highest BCUT2D eigenvalue weighted by Crippen LogP contribution is 2.18. The lowest BCUT2D eigenvalue weighted by molar-refractivity contribution is 0.0980. The van der Waals surface area contributed by atoms with Gasteiger partial charge in [0.2, 0.25) is 0 Å². The van der Waals surface area contributed by atoms with Crippen LogP contribution in [0.25, 0.3) is 0 Å². The van der Waals surface area contributed by atoms with Crippen LogP contribution in [0.4, 0.5) is 0 Å². The Kier molecular flexibility index (Phi) is 3.16. The fraction of sp³-hybridized carbons (Fsp3) is 0.636. The molecule has 1 heterocycles. The van der Waals surface area contributed by atoms with Crippen LogP contribution >= 0.6 is 0 Å². The van der Waals surface area contributed by atoms with Crippen LogP contribution in [0.2, 0.25) is 0 Å². The molecular weight excluding hydrogens is 190 g/mol. The van der Waals surface area contributed by atoms with Gasteiger partial charge < -0.3 is 5.32 Å². The maximum absolute atomic E-state index is 11.8. The van der Waals surface area contributed by atoms with Crippen molar-refractivity contribution in [3.8, 4) is 0 Å². The van der Waals surface area contributed by atoms with Gasteiger partial charge in [0.25, 0.3) is 0 Å². The molecular formula is C11H17N3O. The highest BCUT2D eigenvalue weighted by atomic mass is 16.1. The molecule has 1 saturated carbocycles. The molecule has 0 unspecified atom stereocenters. The second-order valence-electron chi connectivity index (χ2n) is 4.02. The maximum atomic E-state index is 11.8. The highest BCUT2D eigenvalue weighted by Gasteiger charge is 2.22. The summed E-state index contributed by atoms with van der Waals surface area (Å²) in [6.45, 7) is 3.34. The molecule has 0 aromatic carbocycles. The Morgan fingerprint density at radius 1 is 1.67 bits per heavy atom. The van der Waals surface area contributed by atoms with Crippen LogP contribution < -0.4 is 5.32 Å². The third kappa shape index (κ3) is 2.65. The minimum atomic E-state index is 0.146. The van der Waals surface area contributed by atoms with Gasteiger partial charge in [-0.1, -0.05) is 6.92 Å². The van der Waals surface area contributed by atoms with Crippen LogP contribution in [0.1, 0.15) is 36.7 Å². The Hall–Kier alpha value is -1.16. The monoisotopic (exact) mass is 207 g/mol. The summed E-state index contributed by atoms with van der Waals surface area (Å²) in [7, 11) is 0. The highest BCUT2D eigenvalue weighted by molar-refractivity contribution is 5.96. The van der Waals surface area contributed by atoms with E-state index < -0.39 is 0 Å². The molecule has 0 saturated heterocycles. The van der Waals surface area contributed by atoms with Gasteiger partial charge in [-0.15, -0.1) is 0 Å². The number of nitrogens with one attached hydrogen (secondary N) is 1. The molecule has 4 heteroatoms. The number of aromatic nitrogens is 2. The van der Waals surface area contributed by atoms with Crippen LogP contribution in [-0.2, 0) is 6.54 Å². The molecule has 15 heavy (non-hydrogen) atoms. The first kappa shape index (κ1) is 10.4. The molecule has 0 aliphatic heterocycles. The van der Waals surface area contributed by atoms with Gasteiger partial charge in [0, 0.05) is 18.8 Å². The van der Waals surface area contributed by atoms with Crippen molar-refractivity contribution in [3.63, 3.8) is 0 Å². The Balaban J connectivity index is 1.93. The van der Waals surface area contributed by atoms with Crippen molar-refractivity contribution in [2.24, 2.45) is 0 Å². The van der Waals surface area contributed by atoms with Crippen LogP contribution in [0.3, 0.4) is 0 Å². The topological polar surface area (TPSA) is 46.9 Å². The zero-order chi connectivity index (χ0) is 10.7. The number of ketones is 1. The predicted molar refractivity (Wildman–Crippen MR) is 57.9 cm³/mol.